The van der Waals surface area contributed by atoms with Gasteiger partial charge in [-0.25, -0.2) is 0 Å². The summed E-state index contributed by atoms with van der Waals surface area (Å²) in [7, 11) is 0. The van der Waals surface area contributed by atoms with Crippen molar-refractivity contribution in [2.75, 3.05) is 5.73 Å². The number of carboxylic acids is 2. The van der Waals surface area contributed by atoms with Crippen LogP contribution in [0.3, 0.4) is 0 Å². The van der Waals surface area contributed by atoms with E-state index in [-0.39, 0.29) is 0 Å². The normalized spacial score (nSPS) is 25.2. The van der Waals surface area contributed by atoms with Gasteiger partial charge < -0.3 is 15.9 Å². The fraction of sp³-hybridized carbons (Fsp3) is 0.143. The zero-order chi connectivity index (χ0) is 14.0. The fourth-order valence-electron chi connectivity index (χ4n) is 2.11. The number of nitrogen functional groups attached to an aromatic ring is 1. The summed E-state index contributed by atoms with van der Waals surface area (Å²) in [4.78, 5) is 22.5. The first-order valence-electron chi connectivity index (χ1n) is 5.67. The van der Waals surface area contributed by atoms with Gasteiger partial charge in [-0.1, -0.05) is 42.5 Å². The molecular weight excluding hydrogens is 246 g/mol. The van der Waals surface area contributed by atoms with E-state index in [1.54, 1.807) is 24.3 Å². The molecule has 0 spiro atoms. The summed E-state index contributed by atoms with van der Waals surface area (Å²) in [5.41, 5.74) is 5.20. The Kier molecular flexibility index (Phi) is 3.12. The van der Waals surface area contributed by atoms with Crippen LogP contribution in [0.5, 0.6) is 0 Å². The number of para-hydroxylation sites is 1. The molecule has 0 amide bonds. The third-order valence-corrected chi connectivity index (χ3v) is 3.18. The Balaban J connectivity index is 2.52. The third-order valence-electron chi connectivity index (χ3n) is 3.18. The molecule has 0 aromatic heterocycles. The van der Waals surface area contributed by atoms with Gasteiger partial charge in [0.2, 0.25) is 0 Å². The van der Waals surface area contributed by atoms with E-state index in [9.17, 15) is 14.7 Å². The van der Waals surface area contributed by atoms with Gasteiger partial charge in [0.15, 0.2) is 0 Å². The second-order valence-electron chi connectivity index (χ2n) is 4.34. The highest BCUT2D eigenvalue weighted by atomic mass is 16.4. The molecule has 1 aromatic carbocycles. The Bertz CT molecular complexity index is 575. The van der Waals surface area contributed by atoms with Crippen molar-refractivity contribution >= 4 is 17.6 Å². The number of rotatable bonds is 3. The summed E-state index contributed by atoms with van der Waals surface area (Å²) in [5, 5.41) is 18.4. The molecule has 2 rings (SSSR count). The lowest BCUT2D eigenvalue weighted by molar-refractivity contribution is -0.141. The zero-order valence-corrected chi connectivity index (χ0v) is 9.98. The fourth-order valence-corrected chi connectivity index (χ4v) is 2.11. The van der Waals surface area contributed by atoms with Crippen LogP contribution in [0.1, 0.15) is 5.56 Å². The molecule has 0 saturated heterocycles. The quantitative estimate of drug-likeness (QED) is 0.563. The second-order valence-corrected chi connectivity index (χ2v) is 4.34. The van der Waals surface area contributed by atoms with E-state index in [0.29, 0.717) is 11.3 Å². The van der Waals surface area contributed by atoms with E-state index in [1.807, 2.05) is 0 Å². The van der Waals surface area contributed by atoms with Crippen LogP contribution in [0.15, 0.2) is 48.6 Å². The number of aliphatic carboxylic acids is 2. The first-order valence-corrected chi connectivity index (χ1v) is 5.67. The molecule has 0 atom stereocenters. The average Bonchev–Trinajstić information content (AvgIpc) is 2.39. The van der Waals surface area contributed by atoms with Crippen molar-refractivity contribution in [3.05, 3.63) is 54.1 Å². The van der Waals surface area contributed by atoms with Gasteiger partial charge in [0.05, 0.1) is 5.92 Å². The lowest BCUT2D eigenvalue weighted by Crippen LogP contribution is -2.34. The van der Waals surface area contributed by atoms with Crippen molar-refractivity contribution < 1.29 is 19.8 Å². The van der Waals surface area contributed by atoms with E-state index < -0.39 is 23.3 Å². The first-order chi connectivity index (χ1) is 8.97. The summed E-state index contributed by atoms with van der Waals surface area (Å²) in [6.07, 6.45) is 5.48. The minimum atomic E-state index is -1.41. The monoisotopic (exact) mass is 259 g/mol. The number of carbonyl (C=O) groups is 2. The number of hydrogen-bond donors (Lipinski definition) is 3. The Hall–Kier alpha value is -2.56. The number of anilines is 1. The Labute approximate surface area is 109 Å². The van der Waals surface area contributed by atoms with Crippen LogP contribution < -0.4 is 5.73 Å². The number of nitrogens with two attached hydrogens (primary N) is 1. The minimum absolute atomic E-state index is 0.355. The molecule has 5 heteroatoms. The van der Waals surface area contributed by atoms with Gasteiger partial charge in [-0.15, -0.1) is 0 Å². The van der Waals surface area contributed by atoms with Gasteiger partial charge in [0.1, 0.15) is 5.41 Å². The SMILES string of the molecule is Nc1ccccc1C1(C(=O)O)C=CC(C(=O)O)C=C1. The highest BCUT2D eigenvalue weighted by molar-refractivity contribution is 5.90. The Morgan fingerprint density at radius 3 is 2.16 bits per heavy atom. The highest BCUT2D eigenvalue weighted by Crippen LogP contribution is 2.35. The topological polar surface area (TPSA) is 101 Å². The van der Waals surface area contributed by atoms with Crippen molar-refractivity contribution in [3.8, 4) is 0 Å². The molecule has 0 unspecified atom stereocenters. The smallest absolute Gasteiger partial charge is 0.322 e. The van der Waals surface area contributed by atoms with Gasteiger partial charge >= 0.3 is 11.9 Å². The van der Waals surface area contributed by atoms with Gasteiger partial charge in [-0.2, -0.15) is 0 Å². The van der Waals surface area contributed by atoms with Crippen LogP contribution >= 0.6 is 0 Å². The van der Waals surface area contributed by atoms with Crippen LogP contribution in [0.25, 0.3) is 0 Å². The molecule has 0 saturated carbocycles. The van der Waals surface area contributed by atoms with Crippen LogP contribution in [0.2, 0.25) is 0 Å². The number of carboxylic acid groups (broad SMARTS) is 2. The summed E-state index contributed by atoms with van der Waals surface area (Å²) >= 11 is 0. The maximum Gasteiger partial charge on any atom is 0.322 e. The summed E-state index contributed by atoms with van der Waals surface area (Å²) in [5.74, 6) is -2.92. The summed E-state index contributed by atoms with van der Waals surface area (Å²) < 4.78 is 0. The molecule has 0 heterocycles. The molecular formula is C14H13NO4. The molecule has 0 fully saturated rings. The maximum absolute atomic E-state index is 11.6. The molecule has 0 bridgehead atoms. The number of benzene rings is 1. The molecule has 1 aliphatic carbocycles. The van der Waals surface area contributed by atoms with E-state index in [4.69, 9.17) is 10.8 Å². The maximum atomic E-state index is 11.6. The van der Waals surface area contributed by atoms with Crippen molar-refractivity contribution in [1.82, 2.24) is 0 Å². The van der Waals surface area contributed by atoms with E-state index >= 15 is 0 Å². The second kappa shape index (κ2) is 4.61. The van der Waals surface area contributed by atoms with Crippen LogP contribution in [0.4, 0.5) is 5.69 Å². The van der Waals surface area contributed by atoms with E-state index in [1.165, 1.54) is 24.3 Å². The van der Waals surface area contributed by atoms with E-state index in [0.717, 1.165) is 0 Å². The number of hydrogen-bond acceptors (Lipinski definition) is 3. The predicted molar refractivity (Wildman–Crippen MR) is 69.6 cm³/mol. The predicted octanol–water partition coefficient (Wildman–Crippen LogP) is 1.42. The lowest BCUT2D eigenvalue weighted by Gasteiger charge is -2.27. The largest absolute Gasteiger partial charge is 0.481 e. The highest BCUT2D eigenvalue weighted by Gasteiger charge is 2.39. The third kappa shape index (κ3) is 2.10. The summed E-state index contributed by atoms with van der Waals surface area (Å²) in [6, 6.07) is 6.65. The standard InChI is InChI=1S/C14H13NO4/c15-11-4-2-1-3-10(11)14(13(18)19)7-5-9(6-8-14)12(16)17/h1-9H,15H2,(H,16,17)(H,18,19). The molecule has 0 radical (unpaired) electrons. The molecule has 5 nitrogen and oxygen atoms in total. The Morgan fingerprint density at radius 2 is 1.68 bits per heavy atom. The van der Waals surface area contributed by atoms with Crippen molar-refractivity contribution in [2.24, 2.45) is 5.92 Å². The van der Waals surface area contributed by atoms with Gasteiger partial charge in [0, 0.05) is 5.69 Å². The molecule has 98 valence electrons. The molecule has 19 heavy (non-hydrogen) atoms. The minimum Gasteiger partial charge on any atom is -0.481 e. The molecule has 1 aromatic rings. The van der Waals surface area contributed by atoms with Gasteiger partial charge in [-0.3, -0.25) is 9.59 Å². The van der Waals surface area contributed by atoms with Crippen LogP contribution in [0, 0.1) is 5.92 Å². The molecule has 0 aliphatic heterocycles. The zero-order valence-electron chi connectivity index (χ0n) is 9.98. The van der Waals surface area contributed by atoms with Crippen LogP contribution in [-0.2, 0) is 15.0 Å². The van der Waals surface area contributed by atoms with Crippen molar-refractivity contribution in [3.63, 3.8) is 0 Å². The van der Waals surface area contributed by atoms with Crippen molar-refractivity contribution in [2.45, 2.75) is 5.41 Å². The van der Waals surface area contributed by atoms with Crippen molar-refractivity contribution in [1.29, 1.82) is 0 Å². The molecule has 1 aliphatic rings. The lowest BCUT2D eigenvalue weighted by atomic mass is 9.75. The Morgan fingerprint density at radius 1 is 1.11 bits per heavy atom. The first kappa shape index (κ1) is 12.9. The van der Waals surface area contributed by atoms with Gasteiger partial charge in [0.25, 0.3) is 0 Å². The van der Waals surface area contributed by atoms with Crippen LogP contribution in [-0.4, -0.2) is 22.2 Å². The average molecular weight is 259 g/mol. The summed E-state index contributed by atoms with van der Waals surface area (Å²) in [6.45, 7) is 0. The molecule has 4 N–H and O–H groups in total. The van der Waals surface area contributed by atoms with E-state index in [2.05, 4.69) is 0 Å². The van der Waals surface area contributed by atoms with Gasteiger partial charge in [-0.05, 0) is 11.6 Å².